The molecule has 3 aromatic rings. The molecular formula is C20H18FN3O4S. The van der Waals surface area contributed by atoms with E-state index in [4.69, 9.17) is 4.74 Å². The van der Waals surface area contributed by atoms with Crippen molar-refractivity contribution in [3.63, 3.8) is 0 Å². The van der Waals surface area contributed by atoms with Crippen molar-refractivity contribution in [3.8, 4) is 0 Å². The minimum absolute atomic E-state index is 0.0336. The first-order valence-corrected chi connectivity index (χ1v) is 9.89. The van der Waals surface area contributed by atoms with Crippen molar-refractivity contribution in [2.24, 2.45) is 0 Å². The minimum atomic E-state index is -0.742. The fraction of sp³-hybridized carbons (Fsp3) is 0.200. The number of para-hydroxylation sites is 1. The molecule has 150 valence electrons. The lowest BCUT2D eigenvalue weighted by Gasteiger charge is -2.13. The summed E-state index contributed by atoms with van der Waals surface area (Å²) in [6, 6.07) is 12.3. The summed E-state index contributed by atoms with van der Waals surface area (Å²) in [5.41, 5.74) is 0.681. The van der Waals surface area contributed by atoms with Crippen LogP contribution in [-0.2, 0) is 14.3 Å². The average Bonchev–Trinajstić information content (AvgIpc) is 2.69. The molecule has 0 unspecified atom stereocenters. The first kappa shape index (κ1) is 20.5. The van der Waals surface area contributed by atoms with Gasteiger partial charge in [0.05, 0.1) is 22.4 Å². The molecule has 2 aromatic carbocycles. The van der Waals surface area contributed by atoms with Crippen LogP contribution in [0.15, 0.2) is 53.3 Å². The topological polar surface area (TPSA) is 101 Å². The molecule has 0 fully saturated rings. The van der Waals surface area contributed by atoms with E-state index in [-0.39, 0.29) is 28.8 Å². The van der Waals surface area contributed by atoms with Crippen LogP contribution < -0.4 is 10.9 Å². The number of halogens is 1. The first-order valence-electron chi connectivity index (χ1n) is 8.74. The second-order valence-corrected chi connectivity index (χ2v) is 7.13. The molecule has 0 aliphatic carbocycles. The Hall–Kier alpha value is -3.20. The van der Waals surface area contributed by atoms with E-state index in [1.165, 1.54) is 24.3 Å². The number of rotatable bonds is 7. The number of fused-ring (bicyclic) bond motifs is 1. The molecule has 1 atom stereocenters. The molecule has 0 saturated carbocycles. The Morgan fingerprint density at radius 2 is 1.90 bits per heavy atom. The lowest BCUT2D eigenvalue weighted by molar-refractivity contribution is -0.145. The molecule has 0 aliphatic heterocycles. The summed E-state index contributed by atoms with van der Waals surface area (Å²) >= 11 is 1.08. The number of benzene rings is 2. The fourth-order valence-corrected chi connectivity index (χ4v) is 3.14. The van der Waals surface area contributed by atoms with E-state index in [1.807, 2.05) is 0 Å². The summed E-state index contributed by atoms with van der Waals surface area (Å²) in [6.07, 6.45) is -0.742. The summed E-state index contributed by atoms with van der Waals surface area (Å²) in [4.78, 5) is 42.9. The molecule has 0 saturated heterocycles. The van der Waals surface area contributed by atoms with Crippen LogP contribution >= 0.6 is 11.8 Å². The van der Waals surface area contributed by atoms with E-state index in [1.54, 1.807) is 31.2 Å². The van der Waals surface area contributed by atoms with Crippen molar-refractivity contribution in [1.82, 2.24) is 9.97 Å². The minimum Gasteiger partial charge on any atom is -0.454 e. The number of thioether (sulfide) groups is 1. The van der Waals surface area contributed by atoms with Crippen molar-refractivity contribution in [2.45, 2.75) is 13.0 Å². The number of esters is 1. The van der Waals surface area contributed by atoms with Crippen LogP contribution in [0.4, 0.5) is 10.1 Å². The molecule has 0 bridgehead atoms. The summed E-state index contributed by atoms with van der Waals surface area (Å²) < 4.78 is 18.1. The van der Waals surface area contributed by atoms with Gasteiger partial charge in [-0.15, -0.1) is 11.8 Å². The Bertz CT molecular complexity index is 1090. The molecule has 7 nitrogen and oxygen atoms in total. The number of H-pyrrole nitrogens is 1. The van der Waals surface area contributed by atoms with E-state index in [9.17, 15) is 18.8 Å². The molecule has 0 spiro atoms. The second kappa shape index (κ2) is 9.33. The number of ether oxygens (including phenoxy) is 1. The number of carbonyl (C=O) groups is 2. The van der Waals surface area contributed by atoms with Crippen LogP contribution in [0, 0.1) is 5.82 Å². The number of aromatic nitrogens is 2. The van der Waals surface area contributed by atoms with E-state index in [0.29, 0.717) is 16.6 Å². The second-order valence-electron chi connectivity index (χ2n) is 6.15. The highest BCUT2D eigenvalue weighted by molar-refractivity contribution is 8.00. The number of nitrogens with zero attached hydrogens (tertiary/aromatic N) is 1. The zero-order valence-electron chi connectivity index (χ0n) is 15.5. The Kier molecular flexibility index (Phi) is 6.61. The van der Waals surface area contributed by atoms with E-state index < -0.39 is 17.9 Å². The van der Waals surface area contributed by atoms with E-state index in [0.717, 1.165) is 11.8 Å². The van der Waals surface area contributed by atoms with Gasteiger partial charge in [-0.25, -0.2) is 9.37 Å². The van der Waals surface area contributed by atoms with Gasteiger partial charge in [0.2, 0.25) is 5.91 Å². The maximum absolute atomic E-state index is 12.8. The summed E-state index contributed by atoms with van der Waals surface area (Å²) in [5.74, 6) is -1.00. The van der Waals surface area contributed by atoms with Gasteiger partial charge in [0.25, 0.3) is 5.56 Å². The monoisotopic (exact) mass is 415 g/mol. The average molecular weight is 415 g/mol. The third-order valence-corrected chi connectivity index (χ3v) is 4.81. The maximum Gasteiger partial charge on any atom is 0.316 e. The molecular weight excluding hydrogens is 397 g/mol. The smallest absolute Gasteiger partial charge is 0.316 e. The van der Waals surface area contributed by atoms with Crippen molar-refractivity contribution < 1.29 is 18.7 Å². The van der Waals surface area contributed by atoms with Gasteiger partial charge in [0, 0.05) is 5.69 Å². The molecule has 9 heteroatoms. The number of nitrogens with one attached hydrogen (secondary N) is 2. The van der Waals surface area contributed by atoms with Gasteiger partial charge < -0.3 is 15.0 Å². The summed E-state index contributed by atoms with van der Waals surface area (Å²) in [5, 5.41) is 3.06. The molecule has 0 radical (unpaired) electrons. The molecule has 1 heterocycles. The predicted octanol–water partition coefficient (Wildman–Crippen LogP) is 3.04. The van der Waals surface area contributed by atoms with Crippen LogP contribution in [0.25, 0.3) is 10.9 Å². The highest BCUT2D eigenvalue weighted by Gasteiger charge is 2.16. The fourth-order valence-electron chi connectivity index (χ4n) is 2.54. The van der Waals surface area contributed by atoms with Crippen LogP contribution in [0.5, 0.6) is 0 Å². The van der Waals surface area contributed by atoms with Gasteiger partial charge in [0.1, 0.15) is 5.82 Å². The van der Waals surface area contributed by atoms with Crippen LogP contribution in [-0.4, -0.2) is 33.4 Å². The Labute approximate surface area is 169 Å². The van der Waals surface area contributed by atoms with Crippen LogP contribution in [0.1, 0.15) is 18.9 Å². The lowest BCUT2D eigenvalue weighted by Crippen LogP contribution is -2.19. The van der Waals surface area contributed by atoms with Gasteiger partial charge in [-0.1, -0.05) is 12.1 Å². The maximum atomic E-state index is 12.8. The van der Waals surface area contributed by atoms with Crippen molar-refractivity contribution in [3.05, 3.63) is 70.5 Å². The van der Waals surface area contributed by atoms with Crippen molar-refractivity contribution in [2.75, 3.05) is 16.8 Å². The lowest BCUT2D eigenvalue weighted by atomic mass is 10.2. The number of amides is 1. The number of anilines is 1. The third kappa shape index (κ3) is 5.64. The third-order valence-electron chi connectivity index (χ3n) is 3.91. The number of hydrogen-bond acceptors (Lipinski definition) is 6. The van der Waals surface area contributed by atoms with Gasteiger partial charge in [-0.05, 0) is 43.3 Å². The molecule has 3 rings (SSSR count). The molecule has 0 aliphatic rings. The largest absolute Gasteiger partial charge is 0.454 e. The SMILES string of the molecule is C[C@H](OC(=O)CSCC(=O)Nc1ccc(F)cc1)c1nc2ccccc2c(=O)[nH]1. The zero-order chi connectivity index (χ0) is 20.8. The van der Waals surface area contributed by atoms with Gasteiger partial charge in [-0.3, -0.25) is 14.4 Å². The molecule has 29 heavy (non-hydrogen) atoms. The number of hydrogen-bond donors (Lipinski definition) is 2. The molecule has 1 aromatic heterocycles. The Morgan fingerprint density at radius 1 is 1.17 bits per heavy atom. The molecule has 2 N–H and O–H groups in total. The quantitative estimate of drug-likeness (QED) is 0.575. The zero-order valence-corrected chi connectivity index (χ0v) is 16.3. The summed E-state index contributed by atoms with van der Waals surface area (Å²) in [6.45, 7) is 1.61. The van der Waals surface area contributed by atoms with Gasteiger partial charge in [0.15, 0.2) is 11.9 Å². The van der Waals surface area contributed by atoms with Crippen LogP contribution in [0.2, 0.25) is 0 Å². The highest BCUT2D eigenvalue weighted by Crippen LogP contribution is 2.16. The predicted molar refractivity (Wildman–Crippen MR) is 109 cm³/mol. The van der Waals surface area contributed by atoms with Crippen LogP contribution in [0.3, 0.4) is 0 Å². The normalized spacial score (nSPS) is 11.8. The Balaban J connectivity index is 1.48. The van der Waals surface area contributed by atoms with E-state index >= 15 is 0 Å². The molecule has 1 amide bonds. The number of aromatic amines is 1. The van der Waals surface area contributed by atoms with E-state index in [2.05, 4.69) is 15.3 Å². The first-order chi connectivity index (χ1) is 13.9. The standard InChI is InChI=1S/C20H18FN3O4S/c1-12(19-23-16-5-3-2-4-15(16)20(27)24-19)28-18(26)11-29-10-17(25)22-14-8-6-13(21)7-9-14/h2-9,12H,10-11H2,1H3,(H,22,25)(H,23,24,27)/t12-/m0/s1. The van der Waals surface area contributed by atoms with Crippen molar-refractivity contribution in [1.29, 1.82) is 0 Å². The highest BCUT2D eigenvalue weighted by atomic mass is 32.2. The van der Waals surface area contributed by atoms with Crippen molar-refractivity contribution >= 4 is 40.2 Å². The Morgan fingerprint density at radius 3 is 2.66 bits per heavy atom. The van der Waals surface area contributed by atoms with Gasteiger partial charge >= 0.3 is 5.97 Å². The van der Waals surface area contributed by atoms with Gasteiger partial charge in [-0.2, -0.15) is 0 Å². The summed E-state index contributed by atoms with van der Waals surface area (Å²) in [7, 11) is 0. The number of carbonyl (C=O) groups excluding carboxylic acids is 2.